The maximum atomic E-state index is 14.5. The first-order valence-electron chi connectivity index (χ1n) is 10.1. The van der Waals surface area contributed by atoms with Crippen molar-refractivity contribution in [2.75, 3.05) is 12.5 Å². The van der Waals surface area contributed by atoms with Crippen molar-refractivity contribution in [1.29, 1.82) is 0 Å². The van der Waals surface area contributed by atoms with Crippen LogP contribution in [-0.2, 0) is 0 Å². The van der Waals surface area contributed by atoms with Gasteiger partial charge in [-0.25, -0.2) is 17.8 Å². The van der Waals surface area contributed by atoms with E-state index in [1.807, 2.05) is 0 Å². The molecular formula is C23H22F3N3O2. The molecular weight excluding hydrogens is 407 g/mol. The number of rotatable bonds is 5. The van der Waals surface area contributed by atoms with Crippen molar-refractivity contribution in [3.05, 3.63) is 81.0 Å². The van der Waals surface area contributed by atoms with Gasteiger partial charge < -0.3 is 10.7 Å². The lowest BCUT2D eigenvalue weighted by atomic mass is 9.77. The molecule has 0 aliphatic heterocycles. The quantitative estimate of drug-likeness (QED) is 0.640. The summed E-state index contributed by atoms with van der Waals surface area (Å²) in [5.41, 5.74) is 3.03. The highest BCUT2D eigenvalue weighted by atomic mass is 19.2. The van der Waals surface area contributed by atoms with Gasteiger partial charge in [-0.05, 0) is 49.4 Å². The summed E-state index contributed by atoms with van der Waals surface area (Å²) in [5.74, 6) is -3.10. The van der Waals surface area contributed by atoms with E-state index in [9.17, 15) is 22.8 Å². The standard InChI is InChI=1S/C23H22F3N3O2/c1-12-19(15-7-4-8-17(25)20(15)23(31)29(12)27-2)22(30)28-21(13-5-3-6-13)14-9-10-16(24)18(26)11-14/h4,7-11,13,21,27H,3,5-6H2,1-2H3,(H,28,30)/t21-/m0/s1. The van der Waals surface area contributed by atoms with Crippen molar-refractivity contribution < 1.29 is 18.0 Å². The SMILES string of the molecule is CNn1c(C)c(C(=O)N[C@H](c2ccc(F)c(F)c2)C2CCC2)c2cccc(F)c2c1=O. The third-order valence-corrected chi connectivity index (χ3v) is 6.06. The summed E-state index contributed by atoms with van der Waals surface area (Å²) in [5, 5.41) is 2.93. The Morgan fingerprint density at radius 2 is 1.84 bits per heavy atom. The summed E-state index contributed by atoms with van der Waals surface area (Å²) < 4.78 is 42.9. The molecule has 1 amide bonds. The molecule has 1 aliphatic carbocycles. The van der Waals surface area contributed by atoms with E-state index in [2.05, 4.69) is 10.7 Å². The lowest BCUT2D eigenvalue weighted by Crippen LogP contribution is -2.38. The maximum absolute atomic E-state index is 14.5. The minimum absolute atomic E-state index is 0.0762. The summed E-state index contributed by atoms with van der Waals surface area (Å²) >= 11 is 0. The minimum Gasteiger partial charge on any atom is -0.345 e. The first-order chi connectivity index (χ1) is 14.8. The first-order valence-corrected chi connectivity index (χ1v) is 10.1. The molecule has 3 aromatic rings. The normalized spacial score (nSPS) is 14.9. The zero-order valence-electron chi connectivity index (χ0n) is 17.1. The third kappa shape index (κ3) is 3.56. The summed E-state index contributed by atoms with van der Waals surface area (Å²) in [7, 11) is 1.50. The van der Waals surface area contributed by atoms with Gasteiger partial charge in [0.25, 0.3) is 11.5 Å². The van der Waals surface area contributed by atoms with Gasteiger partial charge in [-0.3, -0.25) is 9.59 Å². The number of hydrogen-bond acceptors (Lipinski definition) is 3. The van der Waals surface area contributed by atoms with E-state index in [0.717, 1.165) is 36.1 Å². The number of carbonyl (C=O) groups excluding carboxylic acids is 1. The van der Waals surface area contributed by atoms with Gasteiger partial charge >= 0.3 is 0 Å². The molecule has 0 saturated heterocycles. The Labute approximate surface area is 176 Å². The van der Waals surface area contributed by atoms with E-state index in [1.165, 1.54) is 31.3 Å². The number of fused-ring (bicyclic) bond motifs is 1. The van der Waals surface area contributed by atoms with Gasteiger partial charge in [0.2, 0.25) is 0 Å². The van der Waals surface area contributed by atoms with Crippen molar-refractivity contribution in [3.63, 3.8) is 0 Å². The summed E-state index contributed by atoms with van der Waals surface area (Å²) in [6.07, 6.45) is 2.67. The maximum Gasteiger partial charge on any atom is 0.279 e. The Hall–Kier alpha value is -3.29. The topological polar surface area (TPSA) is 63.1 Å². The van der Waals surface area contributed by atoms with Crippen molar-refractivity contribution in [1.82, 2.24) is 9.99 Å². The highest BCUT2D eigenvalue weighted by Gasteiger charge is 2.32. The fourth-order valence-electron chi connectivity index (χ4n) is 4.24. The van der Waals surface area contributed by atoms with E-state index >= 15 is 0 Å². The zero-order chi connectivity index (χ0) is 22.3. The fourth-order valence-corrected chi connectivity index (χ4v) is 4.24. The number of benzene rings is 2. The van der Waals surface area contributed by atoms with Gasteiger partial charge in [-0.15, -0.1) is 0 Å². The fraction of sp³-hybridized carbons (Fsp3) is 0.304. The molecule has 0 spiro atoms. The van der Waals surface area contributed by atoms with E-state index in [0.29, 0.717) is 11.3 Å². The van der Waals surface area contributed by atoms with E-state index in [1.54, 1.807) is 6.92 Å². The Balaban J connectivity index is 1.82. The van der Waals surface area contributed by atoms with Crippen LogP contribution < -0.4 is 16.3 Å². The zero-order valence-corrected chi connectivity index (χ0v) is 17.1. The second-order valence-electron chi connectivity index (χ2n) is 7.80. The number of nitrogens with zero attached hydrogens (tertiary/aromatic N) is 1. The van der Waals surface area contributed by atoms with Crippen molar-refractivity contribution >= 4 is 16.7 Å². The molecule has 31 heavy (non-hydrogen) atoms. The van der Waals surface area contributed by atoms with Crippen LogP contribution in [0.5, 0.6) is 0 Å². The summed E-state index contributed by atoms with van der Waals surface area (Å²) in [6, 6.07) is 7.19. The monoisotopic (exact) mass is 429 g/mol. The van der Waals surface area contributed by atoms with E-state index in [4.69, 9.17) is 0 Å². The first kappa shape index (κ1) is 21.0. The predicted octanol–water partition coefficient (Wildman–Crippen LogP) is 4.17. The van der Waals surface area contributed by atoms with E-state index in [-0.39, 0.29) is 22.3 Å². The molecule has 0 unspecified atom stereocenters. The predicted molar refractivity (Wildman–Crippen MR) is 112 cm³/mol. The Morgan fingerprint density at radius 3 is 2.45 bits per heavy atom. The van der Waals surface area contributed by atoms with Crippen LogP contribution in [0.15, 0.2) is 41.2 Å². The number of pyridine rings is 1. The average molecular weight is 429 g/mol. The van der Waals surface area contributed by atoms with Gasteiger partial charge in [0.15, 0.2) is 11.6 Å². The molecule has 2 N–H and O–H groups in total. The number of nitrogens with one attached hydrogen (secondary N) is 2. The molecule has 1 aromatic heterocycles. The molecule has 8 heteroatoms. The highest BCUT2D eigenvalue weighted by molar-refractivity contribution is 6.08. The summed E-state index contributed by atoms with van der Waals surface area (Å²) in [4.78, 5) is 26.1. The molecule has 1 aliphatic rings. The molecule has 1 fully saturated rings. The second-order valence-corrected chi connectivity index (χ2v) is 7.80. The van der Waals surface area contributed by atoms with Crippen LogP contribution >= 0.6 is 0 Å². The molecule has 2 aromatic carbocycles. The second kappa shape index (κ2) is 8.09. The molecule has 1 heterocycles. The van der Waals surface area contributed by atoms with Crippen molar-refractivity contribution in [3.8, 4) is 0 Å². The van der Waals surface area contributed by atoms with Gasteiger partial charge in [-0.2, -0.15) is 0 Å². The number of hydrogen-bond donors (Lipinski definition) is 2. The lowest BCUT2D eigenvalue weighted by Gasteiger charge is -2.35. The molecule has 0 radical (unpaired) electrons. The van der Waals surface area contributed by atoms with Crippen LogP contribution in [0.4, 0.5) is 13.2 Å². The smallest absolute Gasteiger partial charge is 0.279 e. The van der Waals surface area contributed by atoms with Crippen molar-refractivity contribution in [2.45, 2.75) is 32.2 Å². The van der Waals surface area contributed by atoms with Gasteiger partial charge in [0.05, 0.1) is 22.7 Å². The van der Waals surface area contributed by atoms with Gasteiger partial charge in [0, 0.05) is 12.4 Å². The summed E-state index contributed by atoms with van der Waals surface area (Å²) in [6.45, 7) is 1.59. The van der Waals surface area contributed by atoms with Crippen LogP contribution in [0.3, 0.4) is 0 Å². The average Bonchev–Trinajstić information content (AvgIpc) is 2.68. The van der Waals surface area contributed by atoms with Gasteiger partial charge in [-0.1, -0.05) is 24.6 Å². The van der Waals surface area contributed by atoms with Gasteiger partial charge in [0.1, 0.15) is 5.82 Å². The Morgan fingerprint density at radius 1 is 1.10 bits per heavy atom. The van der Waals surface area contributed by atoms with Crippen LogP contribution in [0, 0.1) is 30.3 Å². The molecule has 4 rings (SSSR count). The molecule has 0 bridgehead atoms. The third-order valence-electron chi connectivity index (χ3n) is 6.06. The molecule has 1 saturated carbocycles. The van der Waals surface area contributed by atoms with E-state index < -0.39 is 35.0 Å². The van der Waals surface area contributed by atoms with Crippen molar-refractivity contribution in [2.24, 2.45) is 5.92 Å². The van der Waals surface area contributed by atoms with Crippen LogP contribution in [-0.4, -0.2) is 17.6 Å². The molecule has 1 atom stereocenters. The van der Waals surface area contributed by atoms with Crippen LogP contribution in [0.25, 0.3) is 10.8 Å². The van der Waals surface area contributed by atoms with Crippen LogP contribution in [0.1, 0.15) is 46.9 Å². The number of carbonyl (C=O) groups is 1. The van der Waals surface area contributed by atoms with Crippen LogP contribution in [0.2, 0.25) is 0 Å². The highest BCUT2D eigenvalue weighted by Crippen LogP contribution is 2.38. The molecule has 5 nitrogen and oxygen atoms in total. The Bertz CT molecular complexity index is 1230. The minimum atomic E-state index is -0.983. The molecule has 162 valence electrons. The Kier molecular flexibility index (Phi) is 5.47. The number of halogens is 3. The number of aromatic nitrogens is 1. The largest absolute Gasteiger partial charge is 0.345 e. The number of amides is 1. The lowest BCUT2D eigenvalue weighted by molar-refractivity contribution is 0.0900.